The summed E-state index contributed by atoms with van der Waals surface area (Å²) < 4.78 is 0. The smallest absolute Gasteiger partial charge is 0.275 e. The van der Waals surface area contributed by atoms with Crippen molar-refractivity contribution >= 4 is 28.3 Å². The highest BCUT2D eigenvalue weighted by molar-refractivity contribution is 6.03. The van der Waals surface area contributed by atoms with E-state index in [4.69, 9.17) is 0 Å². The van der Waals surface area contributed by atoms with Crippen LogP contribution in [0.2, 0.25) is 0 Å². The van der Waals surface area contributed by atoms with Crippen LogP contribution in [-0.4, -0.2) is 47.0 Å². The summed E-state index contributed by atoms with van der Waals surface area (Å²) >= 11 is 0. The van der Waals surface area contributed by atoms with Crippen molar-refractivity contribution < 1.29 is 4.79 Å². The number of fused-ring (bicyclic) bond motifs is 1. The van der Waals surface area contributed by atoms with E-state index in [0.717, 1.165) is 43.9 Å². The van der Waals surface area contributed by atoms with Crippen molar-refractivity contribution in [3.8, 4) is 0 Å². The van der Waals surface area contributed by atoms with Crippen LogP contribution >= 0.6 is 0 Å². The molecule has 0 atom stereocenters. The number of carbonyl (C=O) groups excluding carboxylic acids is 1. The number of nitrogens with one attached hydrogen (secondary N) is 1. The van der Waals surface area contributed by atoms with Crippen molar-refractivity contribution in [2.45, 2.75) is 6.54 Å². The summed E-state index contributed by atoms with van der Waals surface area (Å²) in [5.41, 5.74) is 5.07. The fourth-order valence-electron chi connectivity index (χ4n) is 4.02. The SMILES string of the molecule is O=C(Nc1ccc(N2CCN(Cc3ccccc3)CC2)cc1)c1cnc2ccccc2n1. The summed E-state index contributed by atoms with van der Waals surface area (Å²) in [6.07, 6.45) is 1.51. The minimum atomic E-state index is -0.259. The van der Waals surface area contributed by atoms with E-state index < -0.39 is 0 Å². The summed E-state index contributed by atoms with van der Waals surface area (Å²) in [6, 6.07) is 26.2. The number of aromatic nitrogens is 2. The van der Waals surface area contributed by atoms with Crippen LogP contribution in [0.25, 0.3) is 11.0 Å². The number of hydrogen-bond donors (Lipinski definition) is 1. The second-order valence-electron chi connectivity index (χ2n) is 7.99. The summed E-state index contributed by atoms with van der Waals surface area (Å²) in [5.74, 6) is -0.259. The number of benzene rings is 3. The van der Waals surface area contributed by atoms with Gasteiger partial charge in [-0.3, -0.25) is 14.7 Å². The van der Waals surface area contributed by atoms with Crippen molar-refractivity contribution in [1.29, 1.82) is 0 Å². The molecular formula is C26H25N5O. The van der Waals surface area contributed by atoms with Crippen LogP contribution in [0.5, 0.6) is 0 Å². The third-order valence-electron chi connectivity index (χ3n) is 5.79. The van der Waals surface area contributed by atoms with Gasteiger partial charge in [-0.1, -0.05) is 42.5 Å². The van der Waals surface area contributed by atoms with Crippen molar-refractivity contribution in [1.82, 2.24) is 14.9 Å². The lowest BCUT2D eigenvalue weighted by Crippen LogP contribution is -2.45. The topological polar surface area (TPSA) is 61.4 Å². The second-order valence-corrected chi connectivity index (χ2v) is 7.99. The highest BCUT2D eigenvalue weighted by Crippen LogP contribution is 2.21. The first-order valence-corrected chi connectivity index (χ1v) is 10.9. The number of hydrogen-bond acceptors (Lipinski definition) is 5. The molecule has 0 radical (unpaired) electrons. The van der Waals surface area contributed by atoms with Crippen molar-refractivity contribution in [3.05, 3.63) is 96.3 Å². The molecule has 1 N–H and O–H groups in total. The average Bonchev–Trinajstić information content (AvgIpc) is 2.85. The maximum atomic E-state index is 12.6. The molecule has 0 unspecified atom stereocenters. The van der Waals surface area contributed by atoms with E-state index in [1.54, 1.807) is 0 Å². The first-order chi connectivity index (χ1) is 15.7. The highest BCUT2D eigenvalue weighted by Gasteiger charge is 2.17. The van der Waals surface area contributed by atoms with Gasteiger partial charge in [-0.15, -0.1) is 0 Å². The Bertz CT molecular complexity index is 1200. The van der Waals surface area contributed by atoms with Crippen LogP contribution in [0.1, 0.15) is 16.1 Å². The maximum absolute atomic E-state index is 12.6. The number of nitrogens with zero attached hydrogens (tertiary/aromatic N) is 4. The largest absolute Gasteiger partial charge is 0.369 e. The third kappa shape index (κ3) is 4.60. The van der Waals surface area contributed by atoms with Gasteiger partial charge >= 0.3 is 0 Å². The summed E-state index contributed by atoms with van der Waals surface area (Å²) in [7, 11) is 0. The summed E-state index contributed by atoms with van der Waals surface area (Å²) in [4.78, 5) is 26.2. The van der Waals surface area contributed by atoms with E-state index in [0.29, 0.717) is 11.2 Å². The first-order valence-electron chi connectivity index (χ1n) is 10.9. The predicted molar refractivity (Wildman–Crippen MR) is 128 cm³/mol. The number of anilines is 2. The summed E-state index contributed by atoms with van der Waals surface area (Å²) in [6.45, 7) is 5.05. The van der Waals surface area contributed by atoms with Crippen LogP contribution in [0.3, 0.4) is 0 Å². The van der Waals surface area contributed by atoms with Crippen molar-refractivity contribution in [3.63, 3.8) is 0 Å². The Balaban J connectivity index is 1.17. The quantitative estimate of drug-likeness (QED) is 0.521. The van der Waals surface area contributed by atoms with Crippen molar-refractivity contribution in [2.75, 3.05) is 36.4 Å². The van der Waals surface area contributed by atoms with Gasteiger partial charge in [0.1, 0.15) is 5.69 Å². The lowest BCUT2D eigenvalue weighted by molar-refractivity contribution is 0.102. The van der Waals surface area contributed by atoms with Gasteiger partial charge in [0.05, 0.1) is 17.2 Å². The van der Waals surface area contributed by atoms with Gasteiger partial charge < -0.3 is 10.2 Å². The monoisotopic (exact) mass is 423 g/mol. The van der Waals surface area contributed by atoms with Gasteiger partial charge in [0, 0.05) is 44.1 Å². The van der Waals surface area contributed by atoms with Gasteiger partial charge in [0.25, 0.3) is 5.91 Å². The van der Waals surface area contributed by atoms with E-state index in [1.807, 2.05) is 36.4 Å². The fraction of sp³-hybridized carbons (Fsp3) is 0.192. The molecule has 0 spiro atoms. The molecule has 0 aliphatic carbocycles. The Labute approximate surface area is 187 Å². The molecule has 5 rings (SSSR count). The van der Waals surface area contributed by atoms with Crippen LogP contribution in [0.15, 0.2) is 85.1 Å². The molecule has 6 heteroatoms. The number of piperazine rings is 1. The van der Waals surface area contributed by atoms with Crippen LogP contribution in [0, 0.1) is 0 Å². The van der Waals surface area contributed by atoms with E-state index in [-0.39, 0.29) is 5.91 Å². The Kier molecular flexibility index (Phi) is 5.77. The lowest BCUT2D eigenvalue weighted by Gasteiger charge is -2.36. The average molecular weight is 424 g/mol. The Morgan fingerprint density at radius 1 is 0.812 bits per heavy atom. The van der Waals surface area contributed by atoms with Gasteiger partial charge in [0.2, 0.25) is 0 Å². The number of amides is 1. The minimum Gasteiger partial charge on any atom is -0.369 e. The molecule has 1 aliphatic rings. The summed E-state index contributed by atoms with van der Waals surface area (Å²) in [5, 5.41) is 2.92. The van der Waals surface area contributed by atoms with Gasteiger partial charge in [-0.25, -0.2) is 4.98 Å². The molecule has 2 heterocycles. The normalized spacial score (nSPS) is 14.4. The molecule has 1 aliphatic heterocycles. The van der Waals surface area contributed by atoms with E-state index in [1.165, 1.54) is 17.4 Å². The number of para-hydroxylation sites is 2. The van der Waals surface area contributed by atoms with Gasteiger partial charge in [-0.05, 0) is 42.0 Å². The molecule has 3 aromatic carbocycles. The second kappa shape index (κ2) is 9.16. The molecule has 1 fully saturated rings. The molecule has 6 nitrogen and oxygen atoms in total. The highest BCUT2D eigenvalue weighted by atomic mass is 16.1. The molecule has 1 saturated heterocycles. The molecule has 160 valence electrons. The molecule has 1 aromatic heterocycles. The minimum absolute atomic E-state index is 0.259. The fourth-order valence-corrected chi connectivity index (χ4v) is 4.02. The lowest BCUT2D eigenvalue weighted by atomic mass is 10.2. The number of carbonyl (C=O) groups is 1. The number of rotatable bonds is 5. The zero-order chi connectivity index (χ0) is 21.8. The zero-order valence-electron chi connectivity index (χ0n) is 17.8. The molecule has 1 amide bonds. The van der Waals surface area contributed by atoms with Crippen LogP contribution in [0.4, 0.5) is 11.4 Å². The molecular weight excluding hydrogens is 398 g/mol. The van der Waals surface area contributed by atoms with Crippen molar-refractivity contribution in [2.24, 2.45) is 0 Å². The molecule has 32 heavy (non-hydrogen) atoms. The standard InChI is InChI=1S/C26H25N5O/c32-26(25-18-27-23-8-4-5-9-24(23)29-25)28-21-10-12-22(13-11-21)31-16-14-30(15-17-31)19-20-6-2-1-3-7-20/h1-13,18H,14-17,19H2,(H,28,32). The molecule has 0 bridgehead atoms. The Hall–Kier alpha value is -3.77. The molecule has 4 aromatic rings. The van der Waals surface area contributed by atoms with E-state index in [2.05, 4.69) is 67.5 Å². The van der Waals surface area contributed by atoms with Gasteiger partial charge in [-0.2, -0.15) is 0 Å². The zero-order valence-corrected chi connectivity index (χ0v) is 17.8. The van der Waals surface area contributed by atoms with Gasteiger partial charge in [0.15, 0.2) is 0 Å². The Morgan fingerprint density at radius 2 is 1.50 bits per heavy atom. The van der Waals surface area contributed by atoms with E-state index >= 15 is 0 Å². The maximum Gasteiger partial charge on any atom is 0.275 e. The molecule has 0 saturated carbocycles. The first kappa shape index (κ1) is 20.2. The van der Waals surface area contributed by atoms with Crippen LogP contribution in [-0.2, 0) is 6.54 Å². The third-order valence-corrected chi connectivity index (χ3v) is 5.79. The predicted octanol–water partition coefficient (Wildman–Crippen LogP) is 4.20. The van der Waals surface area contributed by atoms with Crippen LogP contribution < -0.4 is 10.2 Å². The van der Waals surface area contributed by atoms with E-state index in [9.17, 15) is 4.79 Å². The Morgan fingerprint density at radius 3 is 2.25 bits per heavy atom.